The minimum absolute atomic E-state index is 0.639. The fourth-order valence-electron chi connectivity index (χ4n) is 0.970. The summed E-state index contributed by atoms with van der Waals surface area (Å²) in [5, 5.41) is 0. The van der Waals surface area contributed by atoms with Crippen molar-refractivity contribution in [1.29, 1.82) is 0 Å². The first-order valence-corrected chi connectivity index (χ1v) is 2.93. The van der Waals surface area contributed by atoms with Gasteiger partial charge in [0.1, 0.15) is 0 Å². The third kappa shape index (κ3) is 0.480. The van der Waals surface area contributed by atoms with Crippen LogP contribution in [0, 0.1) is 5.41 Å². The van der Waals surface area contributed by atoms with Gasteiger partial charge in [-0.2, -0.15) is 0 Å². The first-order chi connectivity index (χ1) is 3.31. The van der Waals surface area contributed by atoms with Crippen LogP contribution in [0.25, 0.3) is 0 Å². The second-order valence-corrected chi connectivity index (χ2v) is 2.98. The van der Waals surface area contributed by atoms with E-state index in [1.165, 1.54) is 12.8 Å². The third-order valence-corrected chi connectivity index (χ3v) is 2.15. The lowest BCUT2D eigenvalue weighted by Crippen LogP contribution is -2.01. The van der Waals surface area contributed by atoms with Crippen LogP contribution in [0.15, 0.2) is 0 Å². The Hall–Kier alpha value is -0.0400. The summed E-state index contributed by atoms with van der Waals surface area (Å²) in [6.45, 7) is 3.35. The molecule has 0 aromatic heterocycles. The van der Waals surface area contributed by atoms with E-state index in [1.807, 2.05) is 0 Å². The maximum absolute atomic E-state index is 5.14. The van der Waals surface area contributed by atoms with Crippen molar-refractivity contribution < 1.29 is 4.74 Å². The van der Waals surface area contributed by atoms with Gasteiger partial charge in [0.25, 0.3) is 0 Å². The largest absolute Gasteiger partial charge is 0.373 e. The molecule has 1 heterocycles. The zero-order chi connectivity index (χ0) is 4.91. The monoisotopic (exact) mass is 98.1 g/mol. The Morgan fingerprint density at radius 3 is 2.29 bits per heavy atom. The highest BCUT2D eigenvalue weighted by Crippen LogP contribution is 2.53. The van der Waals surface area contributed by atoms with E-state index < -0.39 is 0 Å². The molecular weight excluding hydrogens is 88.1 g/mol. The molecule has 40 valence electrons. The fraction of sp³-hybridized carbons (Fsp3) is 1.00. The second-order valence-electron chi connectivity index (χ2n) is 2.98. The molecule has 7 heavy (non-hydrogen) atoms. The number of hydrogen-bond donors (Lipinski definition) is 0. The zero-order valence-corrected chi connectivity index (χ0v) is 4.61. The van der Waals surface area contributed by atoms with Crippen molar-refractivity contribution in [2.75, 3.05) is 6.61 Å². The van der Waals surface area contributed by atoms with E-state index in [-0.39, 0.29) is 0 Å². The standard InChI is InChI=1S/C6H10O/c1-6(2-3-6)5-4-7-5/h5H,2-4H2,1H3/t5-/m0/s1. The van der Waals surface area contributed by atoms with Gasteiger partial charge in [0.15, 0.2) is 0 Å². The minimum Gasteiger partial charge on any atom is -0.373 e. The number of hydrogen-bond acceptors (Lipinski definition) is 1. The van der Waals surface area contributed by atoms with Crippen LogP contribution in [0.2, 0.25) is 0 Å². The molecule has 1 heteroatoms. The molecule has 1 nitrogen and oxygen atoms in total. The van der Waals surface area contributed by atoms with Gasteiger partial charge in [0.05, 0.1) is 12.7 Å². The van der Waals surface area contributed by atoms with E-state index >= 15 is 0 Å². The van der Waals surface area contributed by atoms with Gasteiger partial charge in [-0.15, -0.1) is 0 Å². The van der Waals surface area contributed by atoms with Gasteiger partial charge in [0.2, 0.25) is 0 Å². The molecule has 2 rings (SSSR count). The Morgan fingerprint density at radius 1 is 1.57 bits per heavy atom. The van der Waals surface area contributed by atoms with Gasteiger partial charge in [-0.25, -0.2) is 0 Å². The molecule has 0 radical (unpaired) electrons. The molecule has 1 saturated carbocycles. The van der Waals surface area contributed by atoms with E-state index in [4.69, 9.17) is 4.74 Å². The van der Waals surface area contributed by atoms with Crippen molar-refractivity contribution in [3.05, 3.63) is 0 Å². The Balaban J connectivity index is 2.04. The van der Waals surface area contributed by atoms with Gasteiger partial charge in [-0.3, -0.25) is 0 Å². The molecule has 0 spiro atoms. The molecule has 0 unspecified atom stereocenters. The number of rotatable bonds is 1. The van der Waals surface area contributed by atoms with Crippen LogP contribution in [0.5, 0.6) is 0 Å². The molecule has 1 aliphatic carbocycles. The van der Waals surface area contributed by atoms with Crippen molar-refractivity contribution in [2.24, 2.45) is 5.41 Å². The van der Waals surface area contributed by atoms with E-state index in [9.17, 15) is 0 Å². The maximum Gasteiger partial charge on any atom is 0.0863 e. The number of ether oxygens (including phenoxy) is 1. The minimum atomic E-state index is 0.639. The average Bonchev–Trinajstić information content (AvgIpc) is 2.14. The average molecular weight is 98.1 g/mol. The molecule has 2 fully saturated rings. The normalized spacial score (nSPS) is 43.3. The summed E-state index contributed by atoms with van der Waals surface area (Å²) < 4.78 is 5.14. The maximum atomic E-state index is 5.14. The lowest BCUT2D eigenvalue weighted by Gasteiger charge is -1.97. The molecule has 1 atom stereocenters. The van der Waals surface area contributed by atoms with E-state index in [2.05, 4.69) is 6.92 Å². The van der Waals surface area contributed by atoms with Gasteiger partial charge in [-0.1, -0.05) is 6.92 Å². The van der Waals surface area contributed by atoms with Crippen LogP contribution in [-0.2, 0) is 4.74 Å². The zero-order valence-electron chi connectivity index (χ0n) is 4.61. The van der Waals surface area contributed by atoms with E-state index in [0.717, 1.165) is 6.61 Å². The molecule has 0 N–H and O–H groups in total. The van der Waals surface area contributed by atoms with Crippen molar-refractivity contribution in [1.82, 2.24) is 0 Å². The fourth-order valence-corrected chi connectivity index (χ4v) is 0.970. The SMILES string of the molecule is CC1([C@@H]2CO2)CC1. The predicted molar refractivity (Wildman–Crippen MR) is 27.1 cm³/mol. The third-order valence-electron chi connectivity index (χ3n) is 2.15. The van der Waals surface area contributed by atoms with Crippen molar-refractivity contribution in [3.8, 4) is 0 Å². The molecule has 2 aliphatic rings. The van der Waals surface area contributed by atoms with Crippen molar-refractivity contribution >= 4 is 0 Å². The van der Waals surface area contributed by atoms with Crippen molar-refractivity contribution in [2.45, 2.75) is 25.9 Å². The van der Waals surface area contributed by atoms with Gasteiger partial charge in [0, 0.05) is 0 Å². The summed E-state index contributed by atoms with van der Waals surface area (Å²) in [6, 6.07) is 0. The topological polar surface area (TPSA) is 12.5 Å². The molecule has 1 aliphatic heterocycles. The molecule has 0 amide bonds. The molecule has 0 aromatic rings. The Bertz CT molecular complexity index is 90.4. The second kappa shape index (κ2) is 0.873. The summed E-state index contributed by atoms with van der Waals surface area (Å²) >= 11 is 0. The highest BCUT2D eigenvalue weighted by Gasteiger charge is 2.51. The Labute approximate surface area is 43.7 Å². The van der Waals surface area contributed by atoms with Crippen molar-refractivity contribution in [3.63, 3.8) is 0 Å². The van der Waals surface area contributed by atoms with E-state index in [1.54, 1.807) is 0 Å². The first kappa shape index (κ1) is 3.90. The quantitative estimate of drug-likeness (QED) is 0.449. The summed E-state index contributed by atoms with van der Waals surface area (Å²) in [4.78, 5) is 0. The van der Waals surface area contributed by atoms with Gasteiger partial charge in [-0.05, 0) is 18.3 Å². The van der Waals surface area contributed by atoms with E-state index in [0.29, 0.717) is 11.5 Å². The summed E-state index contributed by atoms with van der Waals surface area (Å²) in [6.07, 6.45) is 3.46. The molecule has 0 bridgehead atoms. The van der Waals surface area contributed by atoms with Crippen LogP contribution < -0.4 is 0 Å². The lowest BCUT2D eigenvalue weighted by molar-refractivity contribution is 0.329. The predicted octanol–water partition coefficient (Wildman–Crippen LogP) is 1.19. The smallest absolute Gasteiger partial charge is 0.0863 e. The highest BCUT2D eigenvalue weighted by atomic mass is 16.6. The van der Waals surface area contributed by atoms with Crippen LogP contribution >= 0.6 is 0 Å². The molecule has 1 saturated heterocycles. The summed E-state index contributed by atoms with van der Waals surface area (Å²) in [5.41, 5.74) is 0.639. The number of epoxide rings is 1. The molecular formula is C6H10O. The van der Waals surface area contributed by atoms with Crippen LogP contribution in [-0.4, -0.2) is 12.7 Å². The highest BCUT2D eigenvalue weighted by molar-refractivity contribution is 5.00. The Kier molecular flexibility index (Phi) is 0.487. The van der Waals surface area contributed by atoms with Gasteiger partial charge < -0.3 is 4.74 Å². The van der Waals surface area contributed by atoms with Crippen LogP contribution in [0.4, 0.5) is 0 Å². The summed E-state index contributed by atoms with van der Waals surface area (Å²) in [5.74, 6) is 0. The lowest BCUT2D eigenvalue weighted by atomic mass is 10.1. The summed E-state index contributed by atoms with van der Waals surface area (Å²) in [7, 11) is 0. The molecule has 0 aromatic carbocycles. The first-order valence-electron chi connectivity index (χ1n) is 2.93. The Morgan fingerprint density at radius 2 is 2.14 bits per heavy atom. The van der Waals surface area contributed by atoms with Gasteiger partial charge >= 0.3 is 0 Å². The van der Waals surface area contributed by atoms with Crippen LogP contribution in [0.1, 0.15) is 19.8 Å². The van der Waals surface area contributed by atoms with Crippen LogP contribution in [0.3, 0.4) is 0 Å².